The normalized spacial score (nSPS) is 15.2. The Balaban J connectivity index is 2.25. The van der Waals surface area contributed by atoms with Crippen LogP contribution in [0.4, 0.5) is 0 Å². The van der Waals surface area contributed by atoms with Crippen LogP contribution in [0.2, 0.25) is 0 Å². The number of ether oxygens (including phenoxy) is 2. The molecule has 108 valence electrons. The van der Waals surface area contributed by atoms with Crippen molar-refractivity contribution in [2.75, 3.05) is 13.2 Å². The van der Waals surface area contributed by atoms with Gasteiger partial charge in [0.15, 0.2) is 0 Å². The highest BCUT2D eigenvalue weighted by atomic mass is 16.6. The third kappa shape index (κ3) is 2.67. The van der Waals surface area contributed by atoms with E-state index in [1.165, 1.54) is 4.90 Å². The van der Waals surface area contributed by atoms with Crippen molar-refractivity contribution in [3.05, 3.63) is 34.9 Å². The number of aryl methyl sites for hydroxylation is 1. The number of nitrogens with zero attached hydrogens (tertiary/aromatic N) is 1. The number of esters is 1. The van der Waals surface area contributed by atoms with Crippen LogP contribution in [0, 0.1) is 6.92 Å². The fourth-order valence-electron chi connectivity index (χ4n) is 2.28. The first-order valence-corrected chi connectivity index (χ1v) is 6.77. The Bertz CT molecular complexity index is 527. The number of benzene rings is 1. The van der Waals surface area contributed by atoms with Crippen molar-refractivity contribution in [3.63, 3.8) is 0 Å². The molecule has 0 aliphatic carbocycles. The molecule has 1 unspecified atom stereocenters. The maximum Gasteiger partial charge on any atom is 0.356 e. The van der Waals surface area contributed by atoms with Crippen molar-refractivity contribution in [1.82, 2.24) is 4.90 Å². The van der Waals surface area contributed by atoms with Gasteiger partial charge in [-0.2, -0.15) is 0 Å². The van der Waals surface area contributed by atoms with Crippen LogP contribution in [0.3, 0.4) is 0 Å². The second-order valence-electron chi connectivity index (χ2n) is 4.65. The van der Waals surface area contributed by atoms with E-state index in [1.807, 2.05) is 25.1 Å². The van der Waals surface area contributed by atoms with Gasteiger partial charge in [0.1, 0.15) is 0 Å². The Morgan fingerprint density at radius 2 is 2.10 bits per heavy atom. The molecule has 1 amide bonds. The lowest BCUT2D eigenvalue weighted by Gasteiger charge is -2.25. The van der Waals surface area contributed by atoms with E-state index in [-0.39, 0.29) is 12.5 Å². The quantitative estimate of drug-likeness (QED) is 0.771. The highest BCUT2D eigenvalue weighted by molar-refractivity contribution is 6.00. The Morgan fingerprint density at radius 3 is 2.75 bits per heavy atom. The molecule has 0 saturated carbocycles. The SMILES string of the molecule is CCOC(=O)C(OCC)N1Cc2ccc(C)cc2C1=O. The monoisotopic (exact) mass is 277 g/mol. The average molecular weight is 277 g/mol. The molecule has 1 heterocycles. The predicted octanol–water partition coefficient (Wildman–Crippen LogP) is 1.88. The van der Waals surface area contributed by atoms with E-state index in [4.69, 9.17) is 9.47 Å². The van der Waals surface area contributed by atoms with Crippen molar-refractivity contribution in [2.24, 2.45) is 0 Å². The van der Waals surface area contributed by atoms with E-state index in [9.17, 15) is 9.59 Å². The predicted molar refractivity (Wildman–Crippen MR) is 73.1 cm³/mol. The van der Waals surface area contributed by atoms with E-state index in [2.05, 4.69) is 0 Å². The van der Waals surface area contributed by atoms with Crippen molar-refractivity contribution < 1.29 is 19.1 Å². The summed E-state index contributed by atoms with van der Waals surface area (Å²) in [5, 5.41) is 0. The highest BCUT2D eigenvalue weighted by Gasteiger charge is 2.37. The van der Waals surface area contributed by atoms with Gasteiger partial charge in [0.05, 0.1) is 6.61 Å². The molecule has 1 aliphatic heterocycles. The molecule has 0 saturated heterocycles. The molecule has 0 N–H and O–H groups in total. The van der Waals surface area contributed by atoms with Crippen LogP contribution in [-0.2, 0) is 20.8 Å². The fourth-order valence-corrected chi connectivity index (χ4v) is 2.28. The second-order valence-corrected chi connectivity index (χ2v) is 4.65. The van der Waals surface area contributed by atoms with Crippen LogP contribution in [0.1, 0.15) is 35.3 Å². The van der Waals surface area contributed by atoms with E-state index in [0.717, 1.165) is 11.1 Å². The highest BCUT2D eigenvalue weighted by Crippen LogP contribution is 2.26. The zero-order valence-corrected chi connectivity index (χ0v) is 12.0. The minimum absolute atomic E-state index is 0.185. The van der Waals surface area contributed by atoms with Gasteiger partial charge in [-0.05, 0) is 32.4 Å². The lowest BCUT2D eigenvalue weighted by Crippen LogP contribution is -2.44. The maximum absolute atomic E-state index is 12.4. The summed E-state index contributed by atoms with van der Waals surface area (Å²) in [4.78, 5) is 25.8. The van der Waals surface area contributed by atoms with Crippen LogP contribution >= 0.6 is 0 Å². The number of amides is 1. The summed E-state index contributed by atoms with van der Waals surface area (Å²) in [6, 6.07) is 5.71. The smallest absolute Gasteiger partial charge is 0.356 e. The maximum atomic E-state index is 12.4. The number of fused-ring (bicyclic) bond motifs is 1. The lowest BCUT2D eigenvalue weighted by atomic mass is 10.1. The van der Waals surface area contributed by atoms with E-state index >= 15 is 0 Å². The van der Waals surface area contributed by atoms with Gasteiger partial charge >= 0.3 is 5.97 Å². The van der Waals surface area contributed by atoms with Gasteiger partial charge in [-0.15, -0.1) is 0 Å². The molecule has 5 heteroatoms. The zero-order valence-electron chi connectivity index (χ0n) is 12.0. The van der Waals surface area contributed by atoms with Crippen molar-refractivity contribution >= 4 is 11.9 Å². The summed E-state index contributed by atoms with van der Waals surface area (Å²) in [6.45, 7) is 6.41. The van der Waals surface area contributed by atoms with Crippen molar-refractivity contribution in [3.8, 4) is 0 Å². The second kappa shape index (κ2) is 6.05. The number of hydrogen-bond acceptors (Lipinski definition) is 4. The summed E-state index contributed by atoms with van der Waals surface area (Å²) in [5.74, 6) is -0.706. The lowest BCUT2D eigenvalue weighted by molar-refractivity contribution is -0.167. The third-order valence-corrected chi connectivity index (χ3v) is 3.19. The first-order chi connectivity index (χ1) is 9.58. The van der Waals surface area contributed by atoms with Gasteiger partial charge in [0.2, 0.25) is 6.23 Å². The van der Waals surface area contributed by atoms with Crippen molar-refractivity contribution in [2.45, 2.75) is 33.5 Å². The van der Waals surface area contributed by atoms with Gasteiger partial charge in [-0.3, -0.25) is 9.69 Å². The number of carbonyl (C=O) groups excluding carboxylic acids is 2. The molecule has 0 spiro atoms. The molecular weight excluding hydrogens is 258 g/mol. The molecule has 0 radical (unpaired) electrons. The Morgan fingerprint density at radius 1 is 1.35 bits per heavy atom. The summed E-state index contributed by atoms with van der Waals surface area (Å²) < 4.78 is 10.4. The molecule has 5 nitrogen and oxygen atoms in total. The van der Waals surface area contributed by atoms with E-state index in [0.29, 0.717) is 18.7 Å². The summed E-state index contributed by atoms with van der Waals surface area (Å²) in [5.41, 5.74) is 2.57. The number of hydrogen-bond donors (Lipinski definition) is 0. The van der Waals surface area contributed by atoms with Crippen molar-refractivity contribution in [1.29, 1.82) is 0 Å². The van der Waals surface area contributed by atoms with Gasteiger partial charge < -0.3 is 9.47 Å². The molecule has 0 fully saturated rings. The largest absolute Gasteiger partial charge is 0.463 e. The van der Waals surface area contributed by atoms with Crippen LogP contribution in [-0.4, -0.2) is 36.2 Å². The number of rotatable bonds is 5. The molecular formula is C15H19NO4. The summed E-state index contributed by atoms with van der Waals surface area (Å²) in [6.07, 6.45) is -0.972. The van der Waals surface area contributed by atoms with Gasteiger partial charge in [-0.25, -0.2) is 4.79 Å². The van der Waals surface area contributed by atoms with Gasteiger partial charge in [0.25, 0.3) is 5.91 Å². The first kappa shape index (κ1) is 14.5. The Kier molecular flexibility index (Phi) is 4.39. The molecule has 1 aliphatic rings. The molecule has 20 heavy (non-hydrogen) atoms. The van der Waals surface area contributed by atoms with Gasteiger partial charge in [-0.1, -0.05) is 17.7 Å². The molecule has 1 aromatic carbocycles. The van der Waals surface area contributed by atoms with Crippen LogP contribution in [0.5, 0.6) is 0 Å². The molecule has 0 aromatic heterocycles. The topological polar surface area (TPSA) is 55.8 Å². The fraction of sp³-hybridized carbons (Fsp3) is 0.467. The average Bonchev–Trinajstić information content (AvgIpc) is 2.73. The minimum Gasteiger partial charge on any atom is -0.463 e. The third-order valence-electron chi connectivity index (χ3n) is 3.19. The van der Waals surface area contributed by atoms with Crippen LogP contribution < -0.4 is 0 Å². The Hall–Kier alpha value is -1.88. The standard InChI is InChI=1S/C15H19NO4/c1-4-19-14(15(18)20-5-2)16-9-11-7-6-10(3)8-12(11)13(16)17/h6-8,14H,4-5,9H2,1-3H3. The van der Waals surface area contributed by atoms with Gasteiger partial charge in [0, 0.05) is 18.7 Å². The molecule has 0 bridgehead atoms. The van der Waals surface area contributed by atoms with E-state index in [1.54, 1.807) is 13.8 Å². The molecule has 2 rings (SSSR count). The Labute approximate surface area is 118 Å². The molecule has 1 atom stereocenters. The summed E-state index contributed by atoms with van der Waals surface area (Å²) >= 11 is 0. The van der Waals surface area contributed by atoms with Crippen LogP contribution in [0.25, 0.3) is 0 Å². The summed E-state index contributed by atoms with van der Waals surface area (Å²) in [7, 11) is 0. The number of carbonyl (C=O) groups is 2. The van der Waals surface area contributed by atoms with Crippen LogP contribution in [0.15, 0.2) is 18.2 Å². The molecule has 1 aromatic rings. The minimum atomic E-state index is -0.972. The first-order valence-electron chi connectivity index (χ1n) is 6.77. The van der Waals surface area contributed by atoms with E-state index < -0.39 is 12.2 Å². The zero-order chi connectivity index (χ0) is 14.7.